The van der Waals surface area contributed by atoms with Crippen molar-refractivity contribution in [2.24, 2.45) is 0 Å². The zero-order valence-corrected chi connectivity index (χ0v) is 10.5. The molecule has 0 amide bonds. The Labute approximate surface area is 99.5 Å². The third kappa shape index (κ3) is 2.46. The third-order valence-corrected chi connectivity index (χ3v) is 3.83. The maximum Gasteiger partial charge on any atom is 0.0348 e. The first-order valence-corrected chi connectivity index (χ1v) is 6.63. The predicted molar refractivity (Wildman–Crippen MR) is 69.5 cm³/mol. The van der Waals surface area contributed by atoms with E-state index in [2.05, 4.69) is 49.1 Å². The Bertz CT molecular complexity index is 306. The molecule has 1 aliphatic rings. The van der Waals surface area contributed by atoms with E-state index < -0.39 is 0 Å². The van der Waals surface area contributed by atoms with Gasteiger partial charge in [-0.1, -0.05) is 43.7 Å². The second kappa shape index (κ2) is 5.49. The third-order valence-electron chi connectivity index (χ3n) is 3.83. The molecule has 2 atom stereocenters. The van der Waals surface area contributed by atoms with Gasteiger partial charge in [0.05, 0.1) is 0 Å². The van der Waals surface area contributed by atoms with E-state index in [0.717, 1.165) is 6.04 Å². The SMILES string of the molecule is CCC(c1ccccc1)N1CCCCC1C. The topological polar surface area (TPSA) is 3.24 Å². The molecule has 1 heterocycles. The average molecular weight is 217 g/mol. The van der Waals surface area contributed by atoms with Crippen molar-refractivity contribution in [1.82, 2.24) is 4.90 Å². The molecular weight excluding hydrogens is 194 g/mol. The Hall–Kier alpha value is -0.820. The molecule has 1 aliphatic heterocycles. The van der Waals surface area contributed by atoms with Crippen LogP contribution in [0.3, 0.4) is 0 Å². The minimum absolute atomic E-state index is 0.622. The smallest absolute Gasteiger partial charge is 0.0348 e. The van der Waals surface area contributed by atoms with Gasteiger partial charge in [0.1, 0.15) is 0 Å². The number of piperidine rings is 1. The van der Waals surface area contributed by atoms with Crippen LogP contribution in [0.25, 0.3) is 0 Å². The highest BCUT2D eigenvalue weighted by molar-refractivity contribution is 5.19. The van der Waals surface area contributed by atoms with Crippen molar-refractivity contribution in [3.63, 3.8) is 0 Å². The first-order chi connectivity index (χ1) is 7.83. The monoisotopic (exact) mass is 217 g/mol. The van der Waals surface area contributed by atoms with Gasteiger partial charge in [0.2, 0.25) is 0 Å². The molecule has 0 radical (unpaired) electrons. The quantitative estimate of drug-likeness (QED) is 0.739. The Balaban J connectivity index is 2.15. The summed E-state index contributed by atoms with van der Waals surface area (Å²) >= 11 is 0. The molecule has 0 bridgehead atoms. The molecule has 16 heavy (non-hydrogen) atoms. The Morgan fingerprint density at radius 2 is 2.00 bits per heavy atom. The van der Waals surface area contributed by atoms with Crippen LogP contribution in [0.4, 0.5) is 0 Å². The van der Waals surface area contributed by atoms with Gasteiger partial charge in [0.15, 0.2) is 0 Å². The van der Waals surface area contributed by atoms with Gasteiger partial charge in [-0.3, -0.25) is 4.90 Å². The van der Waals surface area contributed by atoms with Gasteiger partial charge in [-0.2, -0.15) is 0 Å². The van der Waals surface area contributed by atoms with E-state index in [1.54, 1.807) is 0 Å². The van der Waals surface area contributed by atoms with E-state index in [1.807, 2.05) is 0 Å². The van der Waals surface area contributed by atoms with Crippen molar-refractivity contribution in [1.29, 1.82) is 0 Å². The van der Waals surface area contributed by atoms with Crippen LogP contribution < -0.4 is 0 Å². The van der Waals surface area contributed by atoms with Crippen LogP contribution in [0.15, 0.2) is 30.3 Å². The average Bonchev–Trinajstić information content (AvgIpc) is 2.34. The summed E-state index contributed by atoms with van der Waals surface area (Å²) in [6, 6.07) is 12.3. The minimum Gasteiger partial charge on any atom is -0.294 e. The van der Waals surface area contributed by atoms with Gasteiger partial charge in [0.25, 0.3) is 0 Å². The molecular formula is C15H23N. The van der Waals surface area contributed by atoms with E-state index in [-0.39, 0.29) is 0 Å². The standard InChI is InChI=1S/C15H23N/c1-3-15(14-10-5-4-6-11-14)16-12-8-7-9-13(16)2/h4-6,10-11,13,15H,3,7-9,12H2,1-2H3. The van der Waals surface area contributed by atoms with Crippen LogP contribution in [0.2, 0.25) is 0 Å². The van der Waals surface area contributed by atoms with Crippen LogP contribution >= 0.6 is 0 Å². The molecule has 1 aromatic carbocycles. The highest BCUT2D eigenvalue weighted by Gasteiger charge is 2.25. The molecule has 0 aromatic heterocycles. The van der Waals surface area contributed by atoms with E-state index >= 15 is 0 Å². The number of benzene rings is 1. The summed E-state index contributed by atoms with van der Waals surface area (Å²) in [6.45, 7) is 5.96. The Morgan fingerprint density at radius 1 is 1.25 bits per heavy atom. The van der Waals surface area contributed by atoms with Gasteiger partial charge in [-0.05, 0) is 38.3 Å². The van der Waals surface area contributed by atoms with Crippen LogP contribution in [0.5, 0.6) is 0 Å². The van der Waals surface area contributed by atoms with Crippen LogP contribution in [0, 0.1) is 0 Å². The fourth-order valence-corrected chi connectivity index (χ4v) is 2.92. The summed E-state index contributed by atoms with van der Waals surface area (Å²) in [5, 5.41) is 0. The molecule has 0 spiro atoms. The van der Waals surface area contributed by atoms with E-state index in [1.165, 1.54) is 37.8 Å². The molecule has 1 saturated heterocycles. The number of rotatable bonds is 3. The van der Waals surface area contributed by atoms with Crippen LogP contribution in [0.1, 0.15) is 51.1 Å². The van der Waals surface area contributed by atoms with Crippen molar-refractivity contribution in [2.75, 3.05) is 6.54 Å². The molecule has 0 saturated carbocycles. The highest BCUT2D eigenvalue weighted by atomic mass is 15.2. The molecule has 0 aliphatic carbocycles. The van der Waals surface area contributed by atoms with Crippen LogP contribution in [-0.4, -0.2) is 17.5 Å². The van der Waals surface area contributed by atoms with E-state index in [9.17, 15) is 0 Å². The largest absolute Gasteiger partial charge is 0.294 e. The predicted octanol–water partition coefficient (Wildman–Crippen LogP) is 4.01. The van der Waals surface area contributed by atoms with E-state index in [0.29, 0.717) is 6.04 Å². The maximum atomic E-state index is 2.69. The summed E-state index contributed by atoms with van der Waals surface area (Å²) in [5.41, 5.74) is 1.48. The Kier molecular flexibility index (Phi) is 4.00. The van der Waals surface area contributed by atoms with Gasteiger partial charge in [-0.25, -0.2) is 0 Å². The fraction of sp³-hybridized carbons (Fsp3) is 0.600. The lowest BCUT2D eigenvalue weighted by atomic mass is 9.96. The second-order valence-electron chi connectivity index (χ2n) is 4.92. The second-order valence-corrected chi connectivity index (χ2v) is 4.92. The Morgan fingerprint density at radius 3 is 2.62 bits per heavy atom. The summed E-state index contributed by atoms with van der Waals surface area (Å²) in [7, 11) is 0. The molecule has 1 aromatic rings. The minimum atomic E-state index is 0.622. The molecule has 1 nitrogen and oxygen atoms in total. The summed E-state index contributed by atoms with van der Waals surface area (Å²) < 4.78 is 0. The first-order valence-electron chi connectivity index (χ1n) is 6.63. The molecule has 2 rings (SSSR count). The van der Waals surface area contributed by atoms with Gasteiger partial charge < -0.3 is 0 Å². The lowest BCUT2D eigenvalue weighted by Crippen LogP contribution is -2.40. The summed E-state index contributed by atoms with van der Waals surface area (Å²) in [5.74, 6) is 0. The number of nitrogens with zero attached hydrogens (tertiary/aromatic N) is 1. The van der Waals surface area contributed by atoms with Crippen molar-refractivity contribution < 1.29 is 0 Å². The molecule has 2 unspecified atom stereocenters. The summed E-state index contributed by atoms with van der Waals surface area (Å²) in [6.07, 6.45) is 5.36. The zero-order valence-electron chi connectivity index (χ0n) is 10.5. The first kappa shape index (κ1) is 11.7. The number of hydrogen-bond acceptors (Lipinski definition) is 1. The van der Waals surface area contributed by atoms with Crippen molar-refractivity contribution in [3.05, 3.63) is 35.9 Å². The highest BCUT2D eigenvalue weighted by Crippen LogP contribution is 2.30. The molecule has 1 fully saturated rings. The van der Waals surface area contributed by atoms with Crippen molar-refractivity contribution >= 4 is 0 Å². The maximum absolute atomic E-state index is 2.69. The number of hydrogen-bond donors (Lipinski definition) is 0. The van der Waals surface area contributed by atoms with Crippen molar-refractivity contribution in [2.45, 2.75) is 51.6 Å². The summed E-state index contributed by atoms with van der Waals surface area (Å²) in [4.78, 5) is 2.69. The van der Waals surface area contributed by atoms with E-state index in [4.69, 9.17) is 0 Å². The lowest BCUT2D eigenvalue weighted by molar-refractivity contribution is 0.102. The lowest BCUT2D eigenvalue weighted by Gasteiger charge is -2.39. The number of likely N-dealkylation sites (tertiary alicyclic amines) is 1. The van der Waals surface area contributed by atoms with Gasteiger partial charge in [0, 0.05) is 12.1 Å². The zero-order chi connectivity index (χ0) is 11.4. The molecule has 88 valence electrons. The van der Waals surface area contributed by atoms with Gasteiger partial charge in [-0.15, -0.1) is 0 Å². The fourth-order valence-electron chi connectivity index (χ4n) is 2.92. The van der Waals surface area contributed by atoms with Crippen molar-refractivity contribution in [3.8, 4) is 0 Å². The molecule has 1 heteroatoms. The van der Waals surface area contributed by atoms with Gasteiger partial charge >= 0.3 is 0 Å². The van der Waals surface area contributed by atoms with Crippen LogP contribution in [-0.2, 0) is 0 Å². The normalized spacial score (nSPS) is 24.2. The molecule has 0 N–H and O–H groups in total.